The summed E-state index contributed by atoms with van der Waals surface area (Å²) in [5, 5.41) is 14.0. The highest BCUT2D eigenvalue weighted by atomic mass is 16.4. The minimum atomic E-state index is -1.12. The molecule has 1 atom stereocenters. The first-order valence-corrected chi connectivity index (χ1v) is 7.23. The minimum Gasteiger partial charge on any atom is -0.544 e. The number of quaternary nitrogens is 1. The highest BCUT2D eigenvalue weighted by Crippen LogP contribution is 2.10. The van der Waals surface area contributed by atoms with Gasteiger partial charge in [0.25, 0.3) is 0 Å². The zero-order valence-electron chi connectivity index (χ0n) is 12.4. The molecule has 0 aliphatic heterocycles. The van der Waals surface area contributed by atoms with Gasteiger partial charge in [0.2, 0.25) is 0 Å². The van der Waals surface area contributed by atoms with Crippen LogP contribution in [0, 0.1) is 0 Å². The van der Waals surface area contributed by atoms with Gasteiger partial charge in [-0.2, -0.15) is 0 Å². The third-order valence-electron chi connectivity index (χ3n) is 3.30. The molecule has 2 rings (SSSR count). The van der Waals surface area contributed by atoms with Gasteiger partial charge in [0.15, 0.2) is 0 Å². The van der Waals surface area contributed by atoms with Crippen molar-refractivity contribution < 1.29 is 15.6 Å². The molecule has 0 amide bonds. The Morgan fingerprint density at radius 1 is 1.14 bits per heavy atom. The van der Waals surface area contributed by atoms with E-state index in [9.17, 15) is 9.90 Å². The molecular formula is C18H20N2O2. The number of benzene rings is 2. The van der Waals surface area contributed by atoms with Crippen LogP contribution in [-0.2, 0) is 11.2 Å². The fraction of sp³-hybridized carbons (Fsp3) is 0.167. The number of aliphatic carboxylic acids is 1. The van der Waals surface area contributed by atoms with Crippen molar-refractivity contribution in [3.05, 3.63) is 71.8 Å². The number of carbonyl (C=O) groups is 1. The smallest absolute Gasteiger partial charge is 0.129 e. The van der Waals surface area contributed by atoms with Crippen molar-refractivity contribution in [3.63, 3.8) is 0 Å². The van der Waals surface area contributed by atoms with E-state index >= 15 is 0 Å². The molecule has 0 spiro atoms. The van der Waals surface area contributed by atoms with Gasteiger partial charge in [-0.15, -0.1) is 0 Å². The van der Waals surface area contributed by atoms with E-state index in [1.54, 1.807) is 0 Å². The molecule has 0 fully saturated rings. The Balaban J connectivity index is 1.81. The molecule has 4 N–H and O–H groups in total. The van der Waals surface area contributed by atoms with Crippen LogP contribution in [0.1, 0.15) is 11.1 Å². The minimum absolute atomic E-state index is 0.385. The lowest BCUT2D eigenvalue weighted by molar-refractivity contribution is -0.437. The normalized spacial score (nSPS) is 12.2. The lowest BCUT2D eigenvalue weighted by Gasteiger charge is -2.10. The van der Waals surface area contributed by atoms with E-state index in [-0.39, 0.29) is 0 Å². The standard InChI is InChI=1S/C18H20N2O2/c19-17(18(21)22)13-15-8-10-16(11-9-15)20-12-4-7-14-5-2-1-3-6-14/h1-11,17,20H,12-13,19H2,(H,21,22)/b7-4-/t17-/m0/s1. The molecule has 4 heteroatoms. The molecule has 0 aliphatic rings. The number of carboxylic acids is 1. The lowest BCUT2D eigenvalue weighted by atomic mass is 10.1. The first-order valence-electron chi connectivity index (χ1n) is 7.23. The molecule has 0 bridgehead atoms. The van der Waals surface area contributed by atoms with Crippen molar-refractivity contribution in [2.75, 3.05) is 11.9 Å². The van der Waals surface area contributed by atoms with Crippen molar-refractivity contribution in [1.29, 1.82) is 0 Å². The van der Waals surface area contributed by atoms with E-state index in [0.717, 1.165) is 17.8 Å². The molecule has 0 aliphatic carbocycles. The first kappa shape index (κ1) is 15.8. The van der Waals surface area contributed by atoms with Crippen LogP contribution in [0.4, 0.5) is 5.69 Å². The Morgan fingerprint density at radius 2 is 1.82 bits per heavy atom. The van der Waals surface area contributed by atoms with Gasteiger partial charge in [-0.05, 0) is 23.3 Å². The van der Waals surface area contributed by atoms with E-state index in [2.05, 4.69) is 35.3 Å². The molecule has 4 nitrogen and oxygen atoms in total. The average molecular weight is 296 g/mol. The summed E-state index contributed by atoms with van der Waals surface area (Å²) in [4.78, 5) is 10.7. The Morgan fingerprint density at radius 3 is 2.45 bits per heavy atom. The van der Waals surface area contributed by atoms with Crippen LogP contribution in [-0.4, -0.2) is 18.6 Å². The van der Waals surface area contributed by atoms with Crippen molar-refractivity contribution >= 4 is 17.7 Å². The maximum Gasteiger partial charge on any atom is 0.129 e. The maximum atomic E-state index is 10.7. The predicted octanol–water partition coefficient (Wildman–Crippen LogP) is 0.715. The third kappa shape index (κ3) is 5.07. The summed E-state index contributed by atoms with van der Waals surface area (Å²) in [6.45, 7) is 0.727. The molecule has 22 heavy (non-hydrogen) atoms. The zero-order valence-corrected chi connectivity index (χ0v) is 12.4. The molecule has 114 valence electrons. The highest BCUT2D eigenvalue weighted by molar-refractivity contribution is 5.69. The fourth-order valence-electron chi connectivity index (χ4n) is 2.06. The molecule has 0 aromatic heterocycles. The van der Waals surface area contributed by atoms with E-state index < -0.39 is 12.0 Å². The second-order valence-corrected chi connectivity index (χ2v) is 5.11. The number of carboxylic acid groups (broad SMARTS) is 1. The molecular weight excluding hydrogens is 276 g/mol. The van der Waals surface area contributed by atoms with Gasteiger partial charge in [0, 0.05) is 18.7 Å². The molecule has 0 heterocycles. The summed E-state index contributed by atoms with van der Waals surface area (Å²) < 4.78 is 0. The SMILES string of the molecule is [NH3+][C@@H](Cc1ccc(NC/C=C\c2ccccc2)cc1)C(=O)[O-]. The largest absolute Gasteiger partial charge is 0.544 e. The van der Waals surface area contributed by atoms with Gasteiger partial charge in [0.05, 0.1) is 5.97 Å². The van der Waals surface area contributed by atoms with Crippen LogP contribution in [0.15, 0.2) is 60.7 Å². The number of hydrogen-bond donors (Lipinski definition) is 2. The monoisotopic (exact) mass is 296 g/mol. The summed E-state index contributed by atoms with van der Waals surface area (Å²) >= 11 is 0. The fourth-order valence-corrected chi connectivity index (χ4v) is 2.06. The van der Waals surface area contributed by atoms with E-state index in [4.69, 9.17) is 0 Å². The van der Waals surface area contributed by atoms with Gasteiger partial charge in [0.1, 0.15) is 6.04 Å². The molecule has 2 aromatic carbocycles. The summed E-state index contributed by atoms with van der Waals surface area (Å²) in [5.74, 6) is -1.12. The Labute approximate surface area is 130 Å². The molecule has 0 unspecified atom stereocenters. The quantitative estimate of drug-likeness (QED) is 0.790. The Hall–Kier alpha value is -2.59. The number of nitrogens with one attached hydrogen (secondary N) is 1. The molecule has 2 aromatic rings. The van der Waals surface area contributed by atoms with Gasteiger partial charge in [-0.25, -0.2) is 0 Å². The number of anilines is 1. The second-order valence-electron chi connectivity index (χ2n) is 5.11. The van der Waals surface area contributed by atoms with Crippen LogP contribution in [0.5, 0.6) is 0 Å². The lowest BCUT2D eigenvalue weighted by Crippen LogP contribution is -2.69. The summed E-state index contributed by atoms with van der Waals surface area (Å²) in [5.41, 5.74) is 6.66. The summed E-state index contributed by atoms with van der Waals surface area (Å²) in [6, 6.07) is 17.1. The highest BCUT2D eigenvalue weighted by Gasteiger charge is 2.07. The zero-order chi connectivity index (χ0) is 15.8. The number of carbonyl (C=O) groups excluding carboxylic acids is 1. The van der Waals surface area contributed by atoms with Crippen molar-refractivity contribution in [1.82, 2.24) is 0 Å². The Bertz CT molecular complexity index is 621. The van der Waals surface area contributed by atoms with Crippen molar-refractivity contribution in [3.8, 4) is 0 Å². The van der Waals surface area contributed by atoms with Gasteiger partial charge in [-0.1, -0.05) is 54.6 Å². The predicted molar refractivity (Wildman–Crippen MR) is 85.8 cm³/mol. The van der Waals surface area contributed by atoms with Crippen LogP contribution in [0.2, 0.25) is 0 Å². The molecule has 0 saturated carbocycles. The van der Waals surface area contributed by atoms with Crippen LogP contribution in [0.25, 0.3) is 6.08 Å². The molecule has 0 radical (unpaired) electrons. The number of hydrogen-bond acceptors (Lipinski definition) is 3. The number of rotatable bonds is 7. The topological polar surface area (TPSA) is 79.8 Å². The maximum absolute atomic E-state index is 10.7. The summed E-state index contributed by atoms with van der Waals surface area (Å²) in [7, 11) is 0. The van der Waals surface area contributed by atoms with Gasteiger partial charge >= 0.3 is 0 Å². The van der Waals surface area contributed by atoms with E-state index in [0.29, 0.717) is 6.42 Å². The van der Waals surface area contributed by atoms with Gasteiger partial charge < -0.3 is 21.0 Å². The van der Waals surface area contributed by atoms with Crippen LogP contribution in [0.3, 0.4) is 0 Å². The van der Waals surface area contributed by atoms with E-state index in [1.165, 1.54) is 5.56 Å². The summed E-state index contributed by atoms with van der Waals surface area (Å²) in [6.07, 6.45) is 4.51. The first-order chi connectivity index (χ1) is 10.6. The second kappa shape index (κ2) is 8.00. The van der Waals surface area contributed by atoms with Crippen LogP contribution < -0.4 is 16.2 Å². The molecule has 0 saturated heterocycles. The van der Waals surface area contributed by atoms with Crippen LogP contribution >= 0.6 is 0 Å². The average Bonchev–Trinajstić information content (AvgIpc) is 2.54. The third-order valence-corrected chi connectivity index (χ3v) is 3.30. The van der Waals surface area contributed by atoms with Crippen molar-refractivity contribution in [2.45, 2.75) is 12.5 Å². The Kier molecular flexibility index (Phi) is 5.74. The van der Waals surface area contributed by atoms with Gasteiger partial charge in [-0.3, -0.25) is 0 Å². The van der Waals surface area contributed by atoms with E-state index in [1.807, 2.05) is 42.5 Å². The van der Waals surface area contributed by atoms with Crippen molar-refractivity contribution in [2.24, 2.45) is 0 Å².